The number of carboxylic acids is 1. The van der Waals surface area contributed by atoms with Gasteiger partial charge in [0.25, 0.3) is 5.91 Å². The molecule has 0 aliphatic heterocycles. The third-order valence-electron chi connectivity index (χ3n) is 6.07. The van der Waals surface area contributed by atoms with Crippen LogP contribution in [0.5, 0.6) is 0 Å². The summed E-state index contributed by atoms with van der Waals surface area (Å²) < 4.78 is 0. The molecular weight excluding hydrogens is 404 g/mol. The molecule has 1 amide bonds. The minimum atomic E-state index is -1.02. The number of hydrogen-bond donors (Lipinski definition) is 1. The molecule has 0 saturated heterocycles. The standard InChI is InChI=1S/C26H28N2O4/c1-18-6-5-9-21(14-18)25(29)28(32-13-12-19-7-3-2-4-8-19)23-11-10-20-15-22(26(30)31)17-27-24(20)16-23/h5-6,9-11,14-17,19H,2-4,7-8,12-13H2,1H3,(H,30,31). The topological polar surface area (TPSA) is 79.7 Å². The van der Waals surface area contributed by atoms with Crippen LogP contribution < -0.4 is 5.06 Å². The largest absolute Gasteiger partial charge is 0.478 e. The average Bonchev–Trinajstić information content (AvgIpc) is 2.81. The van der Waals surface area contributed by atoms with Gasteiger partial charge in [-0.3, -0.25) is 14.6 Å². The van der Waals surface area contributed by atoms with Gasteiger partial charge in [0.15, 0.2) is 0 Å². The molecule has 166 valence electrons. The summed E-state index contributed by atoms with van der Waals surface area (Å²) in [5, 5.41) is 11.2. The number of hydroxylamine groups is 1. The van der Waals surface area contributed by atoms with Gasteiger partial charge in [0.2, 0.25) is 0 Å². The van der Waals surface area contributed by atoms with Gasteiger partial charge in [-0.15, -0.1) is 0 Å². The van der Waals surface area contributed by atoms with Gasteiger partial charge in [0.1, 0.15) is 0 Å². The van der Waals surface area contributed by atoms with Gasteiger partial charge >= 0.3 is 5.97 Å². The maximum Gasteiger partial charge on any atom is 0.337 e. The number of hydrogen-bond acceptors (Lipinski definition) is 4. The van der Waals surface area contributed by atoms with Crippen molar-refractivity contribution in [2.75, 3.05) is 11.7 Å². The van der Waals surface area contributed by atoms with Crippen molar-refractivity contribution in [3.8, 4) is 0 Å². The summed E-state index contributed by atoms with van der Waals surface area (Å²) in [5.74, 6) is -0.614. The van der Waals surface area contributed by atoms with Crippen LogP contribution in [0, 0.1) is 12.8 Å². The molecule has 0 atom stereocenters. The van der Waals surface area contributed by atoms with E-state index < -0.39 is 5.97 Å². The van der Waals surface area contributed by atoms with Crippen molar-refractivity contribution in [2.45, 2.75) is 45.4 Å². The van der Waals surface area contributed by atoms with E-state index in [0.717, 1.165) is 12.0 Å². The lowest BCUT2D eigenvalue weighted by molar-refractivity contribution is 0.0597. The summed E-state index contributed by atoms with van der Waals surface area (Å²) in [7, 11) is 0. The van der Waals surface area contributed by atoms with Crippen molar-refractivity contribution < 1.29 is 19.5 Å². The number of benzene rings is 2. The average molecular weight is 433 g/mol. The number of aromatic nitrogens is 1. The van der Waals surface area contributed by atoms with Crippen LogP contribution in [0.3, 0.4) is 0 Å². The van der Waals surface area contributed by atoms with E-state index in [-0.39, 0.29) is 11.5 Å². The quantitative estimate of drug-likeness (QED) is 0.478. The van der Waals surface area contributed by atoms with E-state index in [0.29, 0.717) is 34.7 Å². The Balaban J connectivity index is 1.60. The molecule has 1 saturated carbocycles. The number of aromatic carboxylic acids is 1. The third kappa shape index (κ3) is 5.14. The van der Waals surface area contributed by atoms with Crippen molar-refractivity contribution in [1.82, 2.24) is 4.98 Å². The van der Waals surface area contributed by atoms with Gasteiger partial charge in [-0.1, -0.05) is 55.9 Å². The van der Waals surface area contributed by atoms with Gasteiger partial charge in [-0.05, 0) is 49.6 Å². The molecule has 1 fully saturated rings. The first-order valence-electron chi connectivity index (χ1n) is 11.2. The van der Waals surface area contributed by atoms with E-state index in [1.54, 1.807) is 30.3 Å². The molecule has 0 radical (unpaired) electrons. The van der Waals surface area contributed by atoms with Crippen molar-refractivity contribution >= 4 is 28.5 Å². The van der Waals surface area contributed by atoms with Crippen LogP contribution >= 0.6 is 0 Å². The summed E-state index contributed by atoms with van der Waals surface area (Å²) in [6.45, 7) is 2.41. The minimum Gasteiger partial charge on any atom is -0.478 e. The van der Waals surface area contributed by atoms with Gasteiger partial charge < -0.3 is 5.11 Å². The molecule has 1 heterocycles. The second kappa shape index (κ2) is 9.92. The van der Waals surface area contributed by atoms with Crippen LogP contribution in [-0.4, -0.2) is 28.6 Å². The minimum absolute atomic E-state index is 0.127. The number of amides is 1. The first kappa shape index (κ1) is 22.0. The maximum atomic E-state index is 13.4. The van der Waals surface area contributed by atoms with E-state index in [2.05, 4.69) is 4.98 Å². The maximum absolute atomic E-state index is 13.4. The molecule has 0 bridgehead atoms. The Bertz CT molecular complexity index is 1120. The molecule has 0 unspecified atom stereocenters. The molecule has 0 spiro atoms. The highest BCUT2D eigenvalue weighted by atomic mass is 16.7. The molecule has 32 heavy (non-hydrogen) atoms. The smallest absolute Gasteiger partial charge is 0.337 e. The van der Waals surface area contributed by atoms with Crippen LogP contribution in [0.15, 0.2) is 54.7 Å². The van der Waals surface area contributed by atoms with Crippen molar-refractivity contribution in [1.29, 1.82) is 0 Å². The van der Waals surface area contributed by atoms with Crippen molar-refractivity contribution in [3.05, 3.63) is 71.4 Å². The second-order valence-corrected chi connectivity index (χ2v) is 8.50. The Labute approximate surface area is 187 Å². The Kier molecular flexibility index (Phi) is 6.81. The molecule has 1 aromatic heterocycles. The fourth-order valence-electron chi connectivity index (χ4n) is 4.29. The van der Waals surface area contributed by atoms with Crippen LogP contribution in [0.4, 0.5) is 5.69 Å². The van der Waals surface area contributed by atoms with Crippen LogP contribution in [0.2, 0.25) is 0 Å². The highest BCUT2D eigenvalue weighted by Gasteiger charge is 2.21. The summed E-state index contributed by atoms with van der Waals surface area (Å²) in [6, 6.07) is 14.3. The van der Waals surface area contributed by atoms with E-state index in [1.807, 2.05) is 25.1 Å². The van der Waals surface area contributed by atoms with Gasteiger partial charge in [0.05, 0.1) is 23.4 Å². The molecule has 6 heteroatoms. The fraction of sp³-hybridized carbons (Fsp3) is 0.346. The molecule has 1 aliphatic carbocycles. The number of carbonyl (C=O) groups is 2. The van der Waals surface area contributed by atoms with Crippen LogP contribution in [-0.2, 0) is 4.84 Å². The summed E-state index contributed by atoms with van der Waals surface area (Å²) in [4.78, 5) is 34.9. The number of carboxylic acid groups (broad SMARTS) is 1. The third-order valence-corrected chi connectivity index (χ3v) is 6.07. The number of carbonyl (C=O) groups excluding carboxylic acids is 1. The highest BCUT2D eigenvalue weighted by molar-refractivity contribution is 6.05. The number of pyridine rings is 1. The number of nitrogens with zero attached hydrogens (tertiary/aromatic N) is 2. The first-order valence-corrected chi connectivity index (χ1v) is 11.2. The summed E-state index contributed by atoms with van der Waals surface area (Å²) in [5.41, 5.74) is 2.85. The number of aryl methyl sites for hydroxylation is 1. The normalized spacial score (nSPS) is 14.4. The molecule has 3 aromatic rings. The first-order chi connectivity index (χ1) is 15.5. The molecule has 1 aliphatic rings. The van der Waals surface area contributed by atoms with Gasteiger partial charge in [-0.2, -0.15) is 5.06 Å². The van der Waals surface area contributed by atoms with E-state index in [4.69, 9.17) is 4.84 Å². The molecule has 6 nitrogen and oxygen atoms in total. The number of anilines is 1. The lowest BCUT2D eigenvalue weighted by Crippen LogP contribution is -2.32. The number of rotatable bonds is 7. The van der Waals surface area contributed by atoms with Gasteiger partial charge in [0, 0.05) is 17.1 Å². The van der Waals surface area contributed by atoms with Crippen LogP contribution in [0.25, 0.3) is 10.9 Å². The second-order valence-electron chi connectivity index (χ2n) is 8.50. The van der Waals surface area contributed by atoms with E-state index >= 15 is 0 Å². The molecule has 4 rings (SSSR count). The zero-order valence-electron chi connectivity index (χ0n) is 18.3. The van der Waals surface area contributed by atoms with Crippen LogP contribution in [0.1, 0.15) is 64.8 Å². The summed E-state index contributed by atoms with van der Waals surface area (Å²) in [6.07, 6.45) is 8.54. The predicted molar refractivity (Wildman–Crippen MR) is 124 cm³/mol. The SMILES string of the molecule is Cc1cccc(C(=O)N(OCCC2CCCCC2)c2ccc3cc(C(=O)O)cnc3c2)c1. The zero-order valence-corrected chi connectivity index (χ0v) is 18.3. The molecule has 1 N–H and O–H groups in total. The fourth-order valence-corrected chi connectivity index (χ4v) is 4.29. The lowest BCUT2D eigenvalue weighted by atomic mass is 9.87. The van der Waals surface area contributed by atoms with Crippen molar-refractivity contribution in [2.24, 2.45) is 5.92 Å². The Morgan fingerprint density at radius 3 is 2.62 bits per heavy atom. The Hall–Kier alpha value is -3.25. The van der Waals surface area contributed by atoms with E-state index in [1.165, 1.54) is 43.4 Å². The lowest BCUT2D eigenvalue weighted by Gasteiger charge is -2.25. The highest BCUT2D eigenvalue weighted by Crippen LogP contribution is 2.28. The monoisotopic (exact) mass is 432 g/mol. The van der Waals surface area contributed by atoms with Crippen molar-refractivity contribution in [3.63, 3.8) is 0 Å². The Morgan fingerprint density at radius 1 is 1.06 bits per heavy atom. The number of fused-ring (bicyclic) bond motifs is 1. The zero-order chi connectivity index (χ0) is 22.5. The molecule has 2 aromatic carbocycles. The molecular formula is C26H28N2O4. The predicted octanol–water partition coefficient (Wildman–Crippen LogP) is 5.79. The van der Waals surface area contributed by atoms with Gasteiger partial charge in [-0.25, -0.2) is 4.79 Å². The summed E-state index contributed by atoms with van der Waals surface area (Å²) >= 11 is 0. The Morgan fingerprint density at radius 2 is 1.88 bits per heavy atom. The van der Waals surface area contributed by atoms with E-state index in [9.17, 15) is 14.7 Å².